The van der Waals surface area contributed by atoms with Crippen LogP contribution in [0.3, 0.4) is 0 Å². The minimum absolute atomic E-state index is 0.0366. The molecule has 1 fully saturated rings. The van der Waals surface area contributed by atoms with E-state index < -0.39 is 8.53 Å². The van der Waals surface area contributed by atoms with E-state index in [9.17, 15) is 0 Å². The van der Waals surface area contributed by atoms with E-state index in [1.165, 1.54) is 5.56 Å². The van der Waals surface area contributed by atoms with E-state index in [1.807, 2.05) is 18.2 Å². The van der Waals surface area contributed by atoms with Gasteiger partial charge in [-0.3, -0.25) is 0 Å². The number of hydrogen-bond acceptors (Lipinski definition) is 4. The summed E-state index contributed by atoms with van der Waals surface area (Å²) < 4.78 is 19.6. The predicted octanol–water partition coefficient (Wildman–Crippen LogP) is 3.19. The molecule has 1 aromatic carbocycles. The van der Waals surface area contributed by atoms with Crippen LogP contribution in [0.2, 0.25) is 0 Å². The molecule has 19 heavy (non-hydrogen) atoms. The molecule has 0 atom stereocenters. The van der Waals surface area contributed by atoms with Gasteiger partial charge in [0.15, 0.2) is 0 Å². The zero-order chi connectivity index (χ0) is 13.5. The molecule has 0 amide bonds. The van der Waals surface area contributed by atoms with Crippen LogP contribution >= 0.6 is 8.53 Å². The maximum atomic E-state index is 5.81. The second-order valence-corrected chi connectivity index (χ2v) is 5.94. The average Bonchev–Trinajstić information content (AvgIpc) is 2.49. The van der Waals surface area contributed by atoms with E-state index in [4.69, 9.17) is 13.8 Å². The molecule has 0 aliphatic carbocycles. The van der Waals surface area contributed by atoms with Crippen LogP contribution in [0.15, 0.2) is 30.3 Å². The normalized spacial score (nSPS) is 23.7. The van der Waals surface area contributed by atoms with Crippen LogP contribution in [0.5, 0.6) is 0 Å². The molecule has 1 aromatic rings. The number of benzene rings is 1. The first kappa shape index (κ1) is 14.9. The van der Waals surface area contributed by atoms with E-state index in [0.717, 1.165) is 13.1 Å². The molecule has 5 heteroatoms. The largest absolute Gasteiger partial charge is 0.369 e. The van der Waals surface area contributed by atoms with Gasteiger partial charge in [0.1, 0.15) is 6.10 Å². The second-order valence-electron chi connectivity index (χ2n) is 4.39. The van der Waals surface area contributed by atoms with Crippen molar-refractivity contribution in [1.82, 2.24) is 4.67 Å². The first-order valence-corrected chi connectivity index (χ1v) is 7.92. The third-order valence-corrected chi connectivity index (χ3v) is 4.80. The van der Waals surface area contributed by atoms with E-state index in [1.54, 1.807) is 0 Å². The lowest BCUT2D eigenvalue weighted by Crippen LogP contribution is -2.32. The van der Waals surface area contributed by atoms with Crippen LogP contribution in [-0.4, -0.2) is 37.1 Å². The van der Waals surface area contributed by atoms with Gasteiger partial charge in [-0.15, -0.1) is 0 Å². The number of ether oxygens (including phenoxy) is 1. The lowest BCUT2D eigenvalue weighted by Gasteiger charge is -2.33. The molecule has 1 heterocycles. The average molecular weight is 283 g/mol. The standard InChI is InChI=1S/C14H22NO3P/c1-3-15(4-2)19-17-11-14(12-18-19)16-10-13-8-6-5-7-9-13/h5-9,14H,3-4,10-12H2,1-2H3. The van der Waals surface area contributed by atoms with E-state index >= 15 is 0 Å². The molecule has 0 unspecified atom stereocenters. The van der Waals surface area contributed by atoms with Gasteiger partial charge in [-0.1, -0.05) is 44.2 Å². The first-order chi connectivity index (χ1) is 9.33. The molecule has 4 nitrogen and oxygen atoms in total. The monoisotopic (exact) mass is 283 g/mol. The minimum Gasteiger partial charge on any atom is -0.369 e. The van der Waals surface area contributed by atoms with Crippen molar-refractivity contribution < 1.29 is 13.8 Å². The molecular weight excluding hydrogens is 261 g/mol. The Hall–Kier alpha value is -0.510. The summed E-state index contributed by atoms with van der Waals surface area (Å²) in [5.74, 6) is 0. The van der Waals surface area contributed by atoms with E-state index in [2.05, 4.69) is 30.7 Å². The van der Waals surface area contributed by atoms with Gasteiger partial charge >= 0.3 is 0 Å². The summed E-state index contributed by atoms with van der Waals surface area (Å²) in [5, 5.41) is 0. The molecule has 2 rings (SSSR count). The third kappa shape index (κ3) is 4.51. The highest BCUT2D eigenvalue weighted by atomic mass is 31.2. The molecule has 1 saturated heterocycles. The summed E-state index contributed by atoms with van der Waals surface area (Å²) in [4.78, 5) is 0. The molecule has 0 radical (unpaired) electrons. The lowest BCUT2D eigenvalue weighted by atomic mass is 10.2. The smallest absolute Gasteiger partial charge is 0.258 e. The van der Waals surface area contributed by atoms with Crippen LogP contribution in [0.1, 0.15) is 19.4 Å². The van der Waals surface area contributed by atoms with Gasteiger partial charge in [-0.25, -0.2) is 4.67 Å². The van der Waals surface area contributed by atoms with Gasteiger partial charge in [-0.2, -0.15) is 0 Å². The molecule has 0 aromatic heterocycles. The van der Waals surface area contributed by atoms with Crippen molar-refractivity contribution in [3.8, 4) is 0 Å². The fourth-order valence-corrected chi connectivity index (χ4v) is 3.33. The fraction of sp³-hybridized carbons (Fsp3) is 0.571. The summed E-state index contributed by atoms with van der Waals surface area (Å²) >= 11 is 0. The second kappa shape index (κ2) is 7.93. The van der Waals surface area contributed by atoms with Crippen LogP contribution in [0.4, 0.5) is 0 Å². The van der Waals surface area contributed by atoms with Crippen molar-refractivity contribution in [2.24, 2.45) is 0 Å². The maximum absolute atomic E-state index is 5.81. The van der Waals surface area contributed by atoms with Crippen molar-refractivity contribution in [3.63, 3.8) is 0 Å². The van der Waals surface area contributed by atoms with Gasteiger partial charge in [0.25, 0.3) is 8.53 Å². The van der Waals surface area contributed by atoms with E-state index in [-0.39, 0.29) is 6.10 Å². The van der Waals surface area contributed by atoms with Crippen molar-refractivity contribution >= 4 is 8.53 Å². The molecule has 0 saturated carbocycles. The van der Waals surface area contributed by atoms with Gasteiger partial charge < -0.3 is 13.8 Å². The highest BCUT2D eigenvalue weighted by molar-refractivity contribution is 7.44. The summed E-state index contributed by atoms with van der Waals surface area (Å²) in [6.07, 6.45) is 0.0366. The SMILES string of the molecule is CCN(CC)P1OCC(OCc2ccccc2)CO1. The molecule has 0 bridgehead atoms. The quantitative estimate of drug-likeness (QED) is 0.750. The molecule has 0 N–H and O–H groups in total. The van der Waals surface area contributed by atoms with Crippen LogP contribution < -0.4 is 0 Å². The first-order valence-electron chi connectivity index (χ1n) is 6.79. The van der Waals surface area contributed by atoms with Crippen LogP contribution in [0, 0.1) is 0 Å². The van der Waals surface area contributed by atoms with Crippen LogP contribution in [0.25, 0.3) is 0 Å². The molecule has 106 valence electrons. The van der Waals surface area contributed by atoms with E-state index in [0.29, 0.717) is 19.8 Å². The Morgan fingerprint density at radius 1 is 1.16 bits per heavy atom. The Bertz CT molecular complexity index is 351. The summed E-state index contributed by atoms with van der Waals surface area (Å²) in [5.41, 5.74) is 1.18. The fourth-order valence-electron chi connectivity index (χ4n) is 1.88. The Balaban J connectivity index is 1.72. The summed E-state index contributed by atoms with van der Waals surface area (Å²) in [7, 11) is -0.874. The zero-order valence-electron chi connectivity index (χ0n) is 11.6. The van der Waals surface area contributed by atoms with Crippen molar-refractivity contribution in [3.05, 3.63) is 35.9 Å². The third-order valence-electron chi connectivity index (χ3n) is 3.03. The number of nitrogens with zero attached hydrogens (tertiary/aromatic N) is 1. The molecule has 1 aliphatic rings. The highest BCUT2D eigenvalue weighted by Crippen LogP contribution is 2.45. The van der Waals surface area contributed by atoms with Gasteiger partial charge in [-0.05, 0) is 5.56 Å². The van der Waals surface area contributed by atoms with Crippen molar-refractivity contribution in [2.75, 3.05) is 26.3 Å². The predicted molar refractivity (Wildman–Crippen MR) is 76.8 cm³/mol. The Kier molecular flexibility index (Phi) is 6.21. The Morgan fingerprint density at radius 2 is 1.79 bits per heavy atom. The van der Waals surface area contributed by atoms with Gasteiger partial charge in [0, 0.05) is 13.1 Å². The van der Waals surface area contributed by atoms with Gasteiger partial charge in [0.05, 0.1) is 19.8 Å². The number of rotatable bonds is 6. The minimum atomic E-state index is -0.874. The lowest BCUT2D eigenvalue weighted by molar-refractivity contribution is -0.0431. The number of hydrogen-bond donors (Lipinski definition) is 0. The maximum Gasteiger partial charge on any atom is 0.258 e. The topological polar surface area (TPSA) is 30.9 Å². The molecular formula is C14H22NO3P. The van der Waals surface area contributed by atoms with Crippen molar-refractivity contribution in [2.45, 2.75) is 26.6 Å². The van der Waals surface area contributed by atoms with Gasteiger partial charge in [0.2, 0.25) is 0 Å². The summed E-state index contributed by atoms with van der Waals surface area (Å²) in [6, 6.07) is 10.2. The Morgan fingerprint density at radius 3 is 2.37 bits per heavy atom. The summed E-state index contributed by atoms with van der Waals surface area (Å²) in [6.45, 7) is 8.01. The molecule has 0 spiro atoms. The molecule has 1 aliphatic heterocycles. The Labute approximate surface area is 116 Å². The van der Waals surface area contributed by atoms with Crippen molar-refractivity contribution in [1.29, 1.82) is 0 Å². The van der Waals surface area contributed by atoms with Crippen LogP contribution in [-0.2, 0) is 20.4 Å². The zero-order valence-corrected chi connectivity index (χ0v) is 12.5. The highest BCUT2D eigenvalue weighted by Gasteiger charge is 2.27.